The molecule has 3 heterocycles. The van der Waals surface area contributed by atoms with Crippen molar-refractivity contribution in [3.8, 4) is 0 Å². The average molecular weight is 386 g/mol. The second kappa shape index (κ2) is 7.34. The van der Waals surface area contributed by atoms with Gasteiger partial charge in [-0.25, -0.2) is 23.1 Å². The lowest BCUT2D eigenvalue weighted by Gasteiger charge is -2.40. The van der Waals surface area contributed by atoms with E-state index < -0.39 is 5.92 Å². The minimum atomic E-state index is -2.68. The highest BCUT2D eigenvalue weighted by Crippen LogP contribution is 2.34. The van der Waals surface area contributed by atoms with Crippen molar-refractivity contribution in [2.24, 2.45) is 0 Å². The van der Waals surface area contributed by atoms with Crippen molar-refractivity contribution in [1.29, 1.82) is 0 Å². The molecule has 28 heavy (non-hydrogen) atoms. The van der Waals surface area contributed by atoms with E-state index in [-0.39, 0.29) is 18.9 Å². The third-order valence-electron chi connectivity index (χ3n) is 4.23. The number of rotatable bonds is 6. The standard InChI is InChI=1S/C19H17F3N6/c20-14-3-1-13(2-4-14)9-25-16-7-15(28-11-19(21,22)12-28)8-17(26-16)27-18-10-23-5-6-24-18/h1-8,10H,9,11-12H2,(H2,24,25,26,27). The molecule has 1 aliphatic heterocycles. The largest absolute Gasteiger partial charge is 0.366 e. The van der Waals surface area contributed by atoms with E-state index in [9.17, 15) is 13.2 Å². The van der Waals surface area contributed by atoms with E-state index in [2.05, 4.69) is 25.6 Å². The Morgan fingerprint density at radius 3 is 2.43 bits per heavy atom. The van der Waals surface area contributed by atoms with Gasteiger partial charge in [0, 0.05) is 36.8 Å². The van der Waals surface area contributed by atoms with E-state index in [1.54, 1.807) is 35.4 Å². The maximum Gasteiger partial charge on any atom is 0.282 e. The molecule has 1 aliphatic rings. The topological polar surface area (TPSA) is 66.0 Å². The van der Waals surface area contributed by atoms with Crippen LogP contribution < -0.4 is 15.5 Å². The normalized spacial score (nSPS) is 15.0. The lowest BCUT2D eigenvalue weighted by atomic mass is 10.1. The van der Waals surface area contributed by atoms with Crippen LogP contribution >= 0.6 is 0 Å². The number of nitrogens with zero attached hydrogens (tertiary/aromatic N) is 4. The molecule has 6 nitrogen and oxygen atoms in total. The Hall–Kier alpha value is -3.36. The Kier molecular flexibility index (Phi) is 4.72. The van der Waals surface area contributed by atoms with Crippen LogP contribution in [0.15, 0.2) is 55.0 Å². The highest BCUT2D eigenvalue weighted by molar-refractivity contribution is 5.65. The van der Waals surface area contributed by atoms with Gasteiger partial charge in [-0.05, 0) is 17.7 Å². The molecule has 2 aromatic heterocycles. The number of anilines is 4. The molecule has 0 bridgehead atoms. The van der Waals surface area contributed by atoms with Crippen LogP contribution in [0.3, 0.4) is 0 Å². The second-order valence-electron chi connectivity index (χ2n) is 6.50. The van der Waals surface area contributed by atoms with Crippen molar-refractivity contribution in [3.63, 3.8) is 0 Å². The van der Waals surface area contributed by atoms with Crippen molar-refractivity contribution in [2.45, 2.75) is 12.5 Å². The molecule has 0 radical (unpaired) electrons. The molecule has 9 heteroatoms. The summed E-state index contributed by atoms with van der Waals surface area (Å²) in [6, 6.07) is 9.49. The van der Waals surface area contributed by atoms with Gasteiger partial charge in [0.1, 0.15) is 23.3 Å². The maximum absolute atomic E-state index is 13.3. The SMILES string of the molecule is Fc1ccc(CNc2cc(N3CC(F)(F)C3)cc(Nc3cnccn3)n2)cc1. The van der Waals surface area contributed by atoms with Gasteiger partial charge < -0.3 is 15.5 Å². The fourth-order valence-corrected chi connectivity index (χ4v) is 2.84. The van der Waals surface area contributed by atoms with Crippen LogP contribution in [0.5, 0.6) is 0 Å². The van der Waals surface area contributed by atoms with E-state index in [0.29, 0.717) is 29.7 Å². The molecule has 0 saturated carbocycles. The van der Waals surface area contributed by atoms with E-state index in [1.165, 1.54) is 24.5 Å². The minimum Gasteiger partial charge on any atom is -0.366 e. The molecule has 0 unspecified atom stereocenters. The fourth-order valence-electron chi connectivity index (χ4n) is 2.84. The van der Waals surface area contributed by atoms with Gasteiger partial charge in [-0.15, -0.1) is 0 Å². The van der Waals surface area contributed by atoms with Crippen LogP contribution in [0.2, 0.25) is 0 Å². The number of alkyl halides is 2. The molecule has 1 saturated heterocycles. The van der Waals surface area contributed by atoms with Crippen molar-refractivity contribution >= 4 is 23.1 Å². The summed E-state index contributed by atoms with van der Waals surface area (Å²) in [6.07, 6.45) is 4.63. The van der Waals surface area contributed by atoms with E-state index in [1.807, 2.05) is 0 Å². The summed E-state index contributed by atoms with van der Waals surface area (Å²) in [5.74, 6) is -1.54. The molecule has 0 aliphatic carbocycles. The molecular formula is C19H17F3N6. The Morgan fingerprint density at radius 1 is 1.00 bits per heavy atom. The molecule has 4 rings (SSSR count). The summed E-state index contributed by atoms with van der Waals surface area (Å²) < 4.78 is 39.6. The third kappa shape index (κ3) is 4.30. The molecule has 1 fully saturated rings. The van der Waals surface area contributed by atoms with Gasteiger partial charge >= 0.3 is 0 Å². The third-order valence-corrected chi connectivity index (χ3v) is 4.23. The predicted octanol–water partition coefficient (Wildman–Crippen LogP) is 3.82. The first kappa shape index (κ1) is 18.0. The first-order valence-corrected chi connectivity index (χ1v) is 8.63. The molecule has 0 atom stereocenters. The summed E-state index contributed by atoms with van der Waals surface area (Å²) in [4.78, 5) is 14.2. The van der Waals surface area contributed by atoms with E-state index in [0.717, 1.165) is 5.56 Å². The summed E-state index contributed by atoms with van der Waals surface area (Å²) in [7, 11) is 0. The number of nitrogens with one attached hydrogen (secondary N) is 2. The van der Waals surface area contributed by atoms with E-state index in [4.69, 9.17) is 0 Å². The summed E-state index contributed by atoms with van der Waals surface area (Å²) in [5.41, 5.74) is 1.49. The van der Waals surface area contributed by atoms with Crippen LogP contribution in [0, 0.1) is 5.82 Å². The van der Waals surface area contributed by atoms with Gasteiger partial charge in [0.05, 0.1) is 19.3 Å². The smallest absolute Gasteiger partial charge is 0.282 e. The predicted molar refractivity (Wildman–Crippen MR) is 100 cm³/mol. The van der Waals surface area contributed by atoms with Gasteiger partial charge in [0.2, 0.25) is 0 Å². The number of hydrogen-bond donors (Lipinski definition) is 2. The zero-order valence-electron chi connectivity index (χ0n) is 14.7. The van der Waals surface area contributed by atoms with Crippen LogP contribution in [-0.4, -0.2) is 34.0 Å². The van der Waals surface area contributed by atoms with Crippen molar-refractivity contribution in [2.75, 3.05) is 28.6 Å². The maximum atomic E-state index is 13.3. The Balaban J connectivity index is 1.55. The lowest BCUT2D eigenvalue weighted by molar-refractivity contribution is -0.0262. The highest BCUT2D eigenvalue weighted by atomic mass is 19.3. The minimum absolute atomic E-state index is 0.307. The quantitative estimate of drug-likeness (QED) is 0.671. The number of pyridine rings is 1. The summed E-state index contributed by atoms with van der Waals surface area (Å²) in [5, 5.41) is 6.17. The number of aromatic nitrogens is 3. The molecule has 0 spiro atoms. The number of halogens is 3. The second-order valence-corrected chi connectivity index (χ2v) is 6.50. The summed E-state index contributed by atoms with van der Waals surface area (Å²) in [6.45, 7) is -0.254. The fraction of sp³-hybridized carbons (Fsp3) is 0.211. The average Bonchev–Trinajstić information content (AvgIpc) is 2.66. The lowest BCUT2D eigenvalue weighted by Crippen LogP contribution is -2.56. The van der Waals surface area contributed by atoms with Gasteiger partial charge in [0.25, 0.3) is 5.92 Å². The van der Waals surface area contributed by atoms with Crippen molar-refractivity contribution in [1.82, 2.24) is 15.0 Å². The number of benzene rings is 1. The molecule has 2 N–H and O–H groups in total. The van der Waals surface area contributed by atoms with Crippen molar-refractivity contribution in [3.05, 3.63) is 66.4 Å². The molecular weight excluding hydrogens is 369 g/mol. The zero-order chi connectivity index (χ0) is 19.6. The van der Waals surface area contributed by atoms with Crippen LogP contribution in [0.25, 0.3) is 0 Å². The van der Waals surface area contributed by atoms with Crippen molar-refractivity contribution < 1.29 is 13.2 Å². The van der Waals surface area contributed by atoms with Gasteiger partial charge in [-0.1, -0.05) is 12.1 Å². The van der Waals surface area contributed by atoms with Crippen LogP contribution in [0.4, 0.5) is 36.3 Å². The Morgan fingerprint density at radius 2 is 1.75 bits per heavy atom. The van der Waals surface area contributed by atoms with Crippen LogP contribution in [-0.2, 0) is 6.54 Å². The molecule has 144 valence electrons. The van der Waals surface area contributed by atoms with Gasteiger partial charge in [-0.3, -0.25) is 4.98 Å². The first-order chi connectivity index (χ1) is 13.5. The first-order valence-electron chi connectivity index (χ1n) is 8.63. The van der Waals surface area contributed by atoms with Gasteiger partial charge in [-0.2, -0.15) is 0 Å². The molecule has 1 aromatic carbocycles. The summed E-state index contributed by atoms with van der Waals surface area (Å²) >= 11 is 0. The van der Waals surface area contributed by atoms with Crippen LogP contribution in [0.1, 0.15) is 5.56 Å². The Bertz CT molecular complexity index is 942. The van der Waals surface area contributed by atoms with E-state index >= 15 is 0 Å². The molecule has 0 amide bonds. The highest BCUT2D eigenvalue weighted by Gasteiger charge is 2.44. The van der Waals surface area contributed by atoms with Gasteiger partial charge in [0.15, 0.2) is 0 Å². The zero-order valence-corrected chi connectivity index (χ0v) is 14.7. The Labute approximate surface area is 159 Å². The monoisotopic (exact) mass is 386 g/mol. The number of hydrogen-bond acceptors (Lipinski definition) is 6. The molecule has 3 aromatic rings.